The van der Waals surface area contributed by atoms with E-state index in [1.165, 1.54) is 61.5 Å². The Labute approximate surface area is 823 Å². The van der Waals surface area contributed by atoms with Crippen LogP contribution < -0.4 is 71.9 Å². The molecule has 0 saturated carbocycles. The van der Waals surface area contributed by atoms with Gasteiger partial charge in [-0.15, -0.1) is 0 Å². The summed E-state index contributed by atoms with van der Waals surface area (Å²) in [6.07, 6.45) is 7.70. The van der Waals surface area contributed by atoms with Crippen LogP contribution in [0, 0.1) is 17.8 Å². The number of aryl methyl sites for hydroxylation is 1. The van der Waals surface area contributed by atoms with E-state index in [-0.39, 0.29) is 181 Å². The van der Waals surface area contributed by atoms with Crippen molar-refractivity contribution >= 4 is 174 Å². The molecular weight excluding hydrogens is 2030 g/mol. The summed E-state index contributed by atoms with van der Waals surface area (Å²) in [6.45, 7) is 18.4. The first-order chi connectivity index (χ1) is 68.1. The van der Waals surface area contributed by atoms with Crippen LogP contribution in [0.2, 0.25) is 0 Å². The van der Waals surface area contributed by atoms with Crippen molar-refractivity contribution in [2.24, 2.45) is 10.8 Å². The second-order valence-corrected chi connectivity index (χ2v) is 42.3. The summed E-state index contributed by atoms with van der Waals surface area (Å²) in [7, 11) is -15.3. The number of carbonyl (C=O) groups is 6. The van der Waals surface area contributed by atoms with E-state index in [1.54, 1.807) is 92.5 Å². The van der Waals surface area contributed by atoms with Gasteiger partial charge in [0.2, 0.25) is 43.3 Å². The van der Waals surface area contributed by atoms with E-state index in [4.69, 9.17) is 93.7 Å². The Morgan fingerprint density at radius 3 is 1.17 bits per heavy atom. The number of nitrogen functional groups attached to an aromatic ring is 5. The number of ether oxygens (including phenoxy) is 8. The number of imidazole rings is 5. The summed E-state index contributed by atoms with van der Waals surface area (Å²) in [5.41, 5.74) is 26.2. The Morgan fingerprint density at radius 1 is 0.486 bits per heavy atom. The van der Waals surface area contributed by atoms with Crippen LogP contribution in [0.15, 0.2) is 99.6 Å². The van der Waals surface area contributed by atoms with Gasteiger partial charge in [-0.1, -0.05) is 55.1 Å². The van der Waals surface area contributed by atoms with Crippen LogP contribution in [0.25, 0.3) is 55.8 Å². The number of H-pyrrole nitrogens is 5. The van der Waals surface area contributed by atoms with Crippen molar-refractivity contribution in [2.45, 2.75) is 134 Å². The van der Waals surface area contributed by atoms with Gasteiger partial charge in [-0.05, 0) is 73.9 Å². The van der Waals surface area contributed by atoms with Crippen molar-refractivity contribution in [1.29, 1.82) is 0 Å². The van der Waals surface area contributed by atoms with Crippen LogP contribution in [-0.2, 0) is 147 Å². The fourth-order valence-corrected chi connectivity index (χ4v) is 17.2. The lowest BCUT2D eigenvalue weighted by atomic mass is 9.98. The van der Waals surface area contributed by atoms with E-state index in [2.05, 4.69) is 88.7 Å². The highest BCUT2D eigenvalue weighted by Crippen LogP contribution is 2.50. The normalized spacial score (nSPS) is 12.8. The zero-order valence-corrected chi connectivity index (χ0v) is 85.0. The third-order valence-corrected chi connectivity index (χ3v) is 25.8. The first kappa shape index (κ1) is 117. The molecule has 788 valence electrons. The Bertz CT molecular complexity index is 6860. The van der Waals surface area contributed by atoms with Crippen LogP contribution in [0.5, 0.6) is 5.75 Å². The number of para-hydroxylation sites is 1. The average molecular weight is 2140 g/mol. The molecule has 1 aromatic carbocycles. The van der Waals surface area contributed by atoms with Crippen molar-refractivity contribution in [3.05, 3.63) is 136 Å². The van der Waals surface area contributed by atoms with Crippen LogP contribution in [0.1, 0.15) is 93.6 Å². The molecule has 11 heterocycles. The van der Waals surface area contributed by atoms with Gasteiger partial charge in [0.15, 0.2) is 71.8 Å². The van der Waals surface area contributed by atoms with Crippen molar-refractivity contribution in [3.8, 4) is 5.75 Å². The predicted molar refractivity (Wildman–Crippen MR) is 519 cm³/mol. The maximum absolute atomic E-state index is 13.5. The quantitative estimate of drug-likeness (QED) is 0.00620. The van der Waals surface area contributed by atoms with Gasteiger partial charge >= 0.3 is 54.0 Å². The zero-order valence-electron chi connectivity index (χ0n) is 79.8. The molecule has 0 bridgehead atoms. The van der Waals surface area contributed by atoms with Gasteiger partial charge < -0.3 is 121 Å². The minimum absolute atomic E-state index is 0.000111. The van der Waals surface area contributed by atoms with E-state index in [1.807, 2.05) is 6.92 Å². The topological polar surface area (TPSA) is 823 Å². The number of hydrogen-bond acceptors (Lipinski definition) is 49. The average Bonchev–Trinajstić information content (AvgIpc) is 1.68. The highest BCUT2D eigenvalue weighted by Gasteiger charge is 2.34. The number of hydrogen-bond donors (Lipinski definition) is 12. The molecule has 0 saturated heterocycles. The smallest absolute Gasteiger partial charge is 0.465 e. The van der Waals surface area contributed by atoms with E-state index in [0.717, 1.165) is 36.4 Å². The Hall–Kier alpha value is -12.7. The molecule has 12 rings (SSSR count). The van der Waals surface area contributed by atoms with Crippen molar-refractivity contribution in [1.82, 2.24) is 103 Å². The monoisotopic (exact) mass is 2140 g/mol. The second-order valence-electron chi connectivity index (χ2n) is 31.9. The number of aromatic amines is 5. The first-order valence-corrected chi connectivity index (χ1v) is 52.2. The molecule has 65 heteroatoms. The largest absolute Gasteiger partial charge is 0.519 e. The van der Waals surface area contributed by atoms with Crippen LogP contribution in [0.4, 0.5) is 29.7 Å². The van der Waals surface area contributed by atoms with Crippen molar-refractivity contribution in [2.75, 3.05) is 139 Å². The van der Waals surface area contributed by atoms with Gasteiger partial charge in [0, 0.05) is 58.1 Å². The molecule has 0 fully saturated rings. The van der Waals surface area contributed by atoms with Gasteiger partial charge in [-0.3, -0.25) is 105 Å². The number of anilines is 5. The summed E-state index contributed by atoms with van der Waals surface area (Å²) in [6, 6.07) is 7.73. The Morgan fingerprint density at radius 2 is 0.833 bits per heavy atom. The molecule has 11 aromatic heterocycles. The lowest BCUT2D eigenvalue weighted by Crippen LogP contribution is -2.35. The lowest BCUT2D eigenvalue weighted by molar-refractivity contribution is -0.162. The number of aldehydes is 1. The van der Waals surface area contributed by atoms with Crippen LogP contribution >= 0.6 is 53.8 Å². The summed E-state index contributed by atoms with van der Waals surface area (Å²) < 4.78 is 142. The molecule has 59 nitrogen and oxygen atoms in total. The van der Waals surface area contributed by atoms with Crippen LogP contribution in [0.3, 0.4) is 0 Å². The number of benzene rings is 1. The molecule has 3 atom stereocenters. The van der Waals surface area contributed by atoms with E-state index < -0.39 is 126 Å². The number of unbranched alkanes of at least 4 members (excludes halogenated alkanes) is 1. The lowest BCUT2D eigenvalue weighted by Gasteiger charge is -2.23. The van der Waals surface area contributed by atoms with E-state index in [0.29, 0.717) is 60.2 Å². The maximum Gasteiger partial charge on any atom is 0.519 e. The number of aromatic nitrogens is 20. The summed E-state index contributed by atoms with van der Waals surface area (Å²) in [5.74, 6) is -1.51. The number of nitrogens with two attached hydrogens (primary N) is 5. The van der Waals surface area contributed by atoms with Gasteiger partial charge in [-0.25, -0.2) is 34.8 Å². The number of rotatable bonds is 50. The molecule has 0 aliphatic carbocycles. The van der Waals surface area contributed by atoms with E-state index in [9.17, 15) is 80.7 Å². The van der Waals surface area contributed by atoms with Crippen molar-refractivity contribution < 1.29 is 126 Å². The SMILES string of the molecule is CC(=O)SCCOP(=O)(COCCn1cnc2c(=O)[nH]c(N)nc21)OCCSC(C)=O.CC(C)(C)C(=O)OCOP(=O)(COCCn1cnc2c(=O)[nH]c(N)nc21)OCOC(=O)C(C)(C)C.CCCCOC(=O)C(C)NP(=O)(COCCn1cnc2c(=O)[nH]c(N)nc21)Oc1ccccc1.Cc1oc(=O)oc1COP(=O)(O)COCCn1cnc2c(=O)[nH]c(N)nc21.Nc1nc2c(ncn2CCOCC=O)c(=O)[nH]1. The second kappa shape index (κ2) is 55.4. The number of carbonyl (C=O) groups excluding carboxylic acids is 6. The highest BCUT2D eigenvalue weighted by molar-refractivity contribution is 8.13. The molecule has 144 heavy (non-hydrogen) atoms. The third-order valence-electron chi connectivity index (χ3n) is 18.2. The summed E-state index contributed by atoms with van der Waals surface area (Å²) in [4.78, 5) is 199. The number of esters is 3. The fraction of sp³-hybridized carbons (Fsp3) is 0.494. The predicted octanol–water partition coefficient (Wildman–Crippen LogP) is 4.58. The molecule has 3 unspecified atom stereocenters. The van der Waals surface area contributed by atoms with Gasteiger partial charge in [0.05, 0.1) is 95.3 Å². The molecular formula is C79H112N26O33P4S2. The maximum atomic E-state index is 13.5. The number of fused-ring (bicyclic) bond motifs is 5. The third kappa shape index (κ3) is 37.8. The van der Waals surface area contributed by atoms with Gasteiger partial charge in [-0.2, -0.15) is 24.9 Å². The van der Waals surface area contributed by atoms with Crippen LogP contribution in [-0.4, -0.2) is 253 Å². The summed E-state index contributed by atoms with van der Waals surface area (Å²) >= 11 is 2.10. The zero-order chi connectivity index (χ0) is 106. The number of thioether (sulfide) groups is 2. The fourth-order valence-electron chi connectivity index (χ4n) is 11.3. The molecule has 0 amide bonds. The van der Waals surface area contributed by atoms with E-state index >= 15 is 0 Å². The summed E-state index contributed by atoms with van der Waals surface area (Å²) in [5, 5.41) is 2.60. The molecule has 0 spiro atoms. The first-order valence-electron chi connectivity index (χ1n) is 43.2. The number of nitrogens with zero attached hydrogens (tertiary/aromatic N) is 15. The minimum Gasteiger partial charge on any atom is -0.465 e. The number of nitrogens with one attached hydrogen (secondary N) is 6. The molecule has 12 aromatic rings. The molecule has 17 N–H and O–H groups in total. The molecule has 0 aliphatic rings. The van der Waals surface area contributed by atoms with Gasteiger partial charge in [0.25, 0.3) is 27.8 Å². The highest BCUT2D eigenvalue weighted by atomic mass is 32.2. The molecule has 0 radical (unpaired) electrons. The minimum atomic E-state index is -4.08. The molecule has 0 aliphatic heterocycles. The Kier molecular flexibility index (Phi) is 44.9. The van der Waals surface area contributed by atoms with Gasteiger partial charge in [0.1, 0.15) is 62.4 Å². The standard InChI is InChI=1S/C21H29N6O6P.C20H32N5O9P.C16H24N5O7PS2.C13H16N5O8P.C9H11N5O3/c1-3-4-11-32-20(29)15(2)26-34(30,33-16-8-6-5-7-9-16)14-31-12-10-27-13-23-17-18(27)24-21(22)25-19(17)28;1-19(2,3)16(27)31-10-33-35(29,34-11-32-17(28)20(4,5)6)12-30-8-7-25-9-22-13-14(25)23-18(21)24-15(13)26;1-11(22)30-7-5-27-29(25,28-6-8-31-12(2)23)10-26-4-3-21-9-18-13-14(21)19-16(17)20-15(13)24;1-7-8(26-13(20)25-7)4-24-27(21,22)6-23-3-2-18-5-15-9-10(18)16-12(14)17-11(9)19;10-9-12-7-6(8(16)13-9)11-5-14(7)1-3-17-4-2-15/h5-9,13,15H,3-4,10-12,14H2,1-2H3,(H,26,30)(H3,22,24,25,28);9H,7-8,10-12H2,1-6H3,(H3,21,23,24,26);9H,3-8,10H2,1-2H3,(H3,17,19,20,24);5H,2-4,6H2,1H3,(H,21,22)(H3,14,16,17,19);2,5H,1,3-4H2,(H3,10,12,13,16). The van der Waals surface area contributed by atoms with Crippen molar-refractivity contribution in [3.63, 3.8) is 0 Å². The Balaban J connectivity index is 0.000000223.